The molecule has 14 heavy (non-hydrogen) atoms. The van der Waals surface area contributed by atoms with Crippen LogP contribution in [-0.4, -0.2) is 20.4 Å². The Hall–Kier alpha value is -1.71. The smallest absolute Gasteiger partial charge is 0.165 e. The molecule has 2 heterocycles. The molecule has 0 N–H and O–H groups in total. The van der Waals surface area contributed by atoms with Crippen LogP contribution in [0.4, 0.5) is 0 Å². The molecule has 0 aliphatic carbocycles. The number of hydrogen-bond donors (Lipinski definition) is 0. The number of rotatable bonds is 2. The fourth-order valence-corrected chi connectivity index (χ4v) is 1.30. The molecule has 4 heteroatoms. The molecule has 0 aliphatic rings. The molecule has 72 valence electrons. The lowest BCUT2D eigenvalue weighted by atomic mass is 10.0. The van der Waals surface area contributed by atoms with E-state index in [2.05, 4.69) is 10.1 Å². The van der Waals surface area contributed by atoms with Gasteiger partial charge >= 0.3 is 0 Å². The number of carbonyl (C=O) groups excluding carboxylic acids is 1. The summed E-state index contributed by atoms with van der Waals surface area (Å²) < 4.78 is 1.64. The number of hydrogen-bond acceptors (Lipinski definition) is 3. The van der Waals surface area contributed by atoms with Gasteiger partial charge in [0.15, 0.2) is 11.4 Å². The molecular formula is C10H11N3O. The second-order valence-corrected chi connectivity index (χ2v) is 3.50. The van der Waals surface area contributed by atoms with Crippen LogP contribution in [0.5, 0.6) is 0 Å². The monoisotopic (exact) mass is 189 g/mol. The van der Waals surface area contributed by atoms with Crippen molar-refractivity contribution in [3.05, 3.63) is 30.2 Å². The van der Waals surface area contributed by atoms with E-state index in [1.807, 2.05) is 13.8 Å². The van der Waals surface area contributed by atoms with Crippen molar-refractivity contribution in [2.24, 2.45) is 5.92 Å². The van der Waals surface area contributed by atoms with Crippen molar-refractivity contribution in [2.75, 3.05) is 0 Å². The van der Waals surface area contributed by atoms with E-state index in [9.17, 15) is 4.79 Å². The number of pyridine rings is 1. The molecule has 0 amide bonds. The van der Waals surface area contributed by atoms with Crippen molar-refractivity contribution in [1.29, 1.82) is 0 Å². The van der Waals surface area contributed by atoms with Gasteiger partial charge in [0.2, 0.25) is 0 Å². The second kappa shape index (κ2) is 3.21. The molecule has 0 fully saturated rings. The normalized spacial score (nSPS) is 11.1. The lowest BCUT2D eigenvalue weighted by Gasteiger charge is -2.03. The summed E-state index contributed by atoms with van der Waals surface area (Å²) in [5.41, 5.74) is 1.40. The molecular weight excluding hydrogens is 178 g/mol. The minimum atomic E-state index is 0.0142. The van der Waals surface area contributed by atoms with Crippen LogP contribution in [0.25, 0.3) is 5.65 Å². The molecule has 0 saturated carbocycles. The highest BCUT2D eigenvalue weighted by Gasteiger charge is 2.10. The summed E-state index contributed by atoms with van der Waals surface area (Å²) in [6, 6.07) is 3.53. The maximum absolute atomic E-state index is 11.7. The Balaban J connectivity index is 2.48. The zero-order valence-corrected chi connectivity index (χ0v) is 8.14. The van der Waals surface area contributed by atoms with Gasteiger partial charge in [0.25, 0.3) is 0 Å². The SMILES string of the molecule is CC(C)C(=O)c1ccn2ncnc2c1. The topological polar surface area (TPSA) is 47.3 Å². The number of ketones is 1. The maximum Gasteiger partial charge on any atom is 0.165 e. The zero-order valence-electron chi connectivity index (χ0n) is 8.14. The Morgan fingerprint density at radius 2 is 2.29 bits per heavy atom. The first kappa shape index (κ1) is 8.87. The third-order valence-electron chi connectivity index (χ3n) is 2.09. The van der Waals surface area contributed by atoms with Crippen LogP contribution in [0, 0.1) is 5.92 Å². The van der Waals surface area contributed by atoms with Crippen molar-refractivity contribution < 1.29 is 4.79 Å². The van der Waals surface area contributed by atoms with Crippen molar-refractivity contribution in [2.45, 2.75) is 13.8 Å². The highest BCUT2D eigenvalue weighted by atomic mass is 16.1. The number of carbonyl (C=O) groups is 1. The second-order valence-electron chi connectivity index (χ2n) is 3.50. The van der Waals surface area contributed by atoms with Crippen molar-refractivity contribution in [1.82, 2.24) is 14.6 Å². The summed E-state index contributed by atoms with van der Waals surface area (Å²) in [4.78, 5) is 15.7. The van der Waals surface area contributed by atoms with Gasteiger partial charge in [0.1, 0.15) is 6.33 Å². The van der Waals surface area contributed by atoms with E-state index in [-0.39, 0.29) is 11.7 Å². The number of fused-ring (bicyclic) bond motifs is 1. The van der Waals surface area contributed by atoms with Crippen molar-refractivity contribution in [3.8, 4) is 0 Å². The highest BCUT2D eigenvalue weighted by molar-refractivity contribution is 5.98. The molecule has 0 unspecified atom stereocenters. The van der Waals surface area contributed by atoms with Crippen molar-refractivity contribution >= 4 is 11.4 Å². The molecule has 2 aromatic heterocycles. The Morgan fingerprint density at radius 3 is 3.00 bits per heavy atom. The van der Waals surface area contributed by atoms with E-state index >= 15 is 0 Å². The van der Waals surface area contributed by atoms with Gasteiger partial charge in [-0.1, -0.05) is 13.8 Å². The minimum absolute atomic E-state index is 0.0142. The molecule has 0 atom stereocenters. The molecule has 0 bridgehead atoms. The van der Waals surface area contributed by atoms with E-state index in [0.717, 1.165) is 0 Å². The summed E-state index contributed by atoms with van der Waals surface area (Å²) in [7, 11) is 0. The van der Waals surface area contributed by atoms with Crippen LogP contribution in [0.3, 0.4) is 0 Å². The summed E-state index contributed by atoms with van der Waals surface area (Å²) >= 11 is 0. The molecule has 0 radical (unpaired) electrons. The van der Waals surface area contributed by atoms with Gasteiger partial charge < -0.3 is 0 Å². The standard InChI is InChI=1S/C10H11N3O/c1-7(2)10(14)8-3-4-13-9(5-8)11-6-12-13/h3-7H,1-2H3. The highest BCUT2D eigenvalue weighted by Crippen LogP contribution is 2.09. The fraction of sp³-hybridized carbons (Fsp3) is 0.300. The first-order valence-corrected chi connectivity index (χ1v) is 4.52. The average Bonchev–Trinajstić information content (AvgIpc) is 2.62. The van der Waals surface area contributed by atoms with E-state index in [1.165, 1.54) is 6.33 Å². The van der Waals surface area contributed by atoms with E-state index in [1.54, 1.807) is 22.8 Å². The van der Waals surface area contributed by atoms with Crippen LogP contribution in [0.15, 0.2) is 24.7 Å². The van der Waals surface area contributed by atoms with E-state index in [4.69, 9.17) is 0 Å². The molecule has 2 aromatic rings. The Morgan fingerprint density at radius 1 is 1.50 bits per heavy atom. The molecule has 0 aliphatic heterocycles. The van der Waals surface area contributed by atoms with E-state index < -0.39 is 0 Å². The lowest BCUT2D eigenvalue weighted by Crippen LogP contribution is -2.07. The van der Waals surface area contributed by atoms with Crippen LogP contribution in [-0.2, 0) is 0 Å². The minimum Gasteiger partial charge on any atom is -0.294 e. The first-order chi connectivity index (χ1) is 6.68. The zero-order chi connectivity index (χ0) is 10.1. The predicted octanol–water partition coefficient (Wildman–Crippen LogP) is 1.57. The maximum atomic E-state index is 11.7. The fourth-order valence-electron chi connectivity index (χ4n) is 1.30. The van der Waals surface area contributed by atoms with Crippen LogP contribution in [0.2, 0.25) is 0 Å². The Kier molecular flexibility index (Phi) is 2.04. The summed E-state index contributed by atoms with van der Waals surface area (Å²) in [5.74, 6) is 0.149. The first-order valence-electron chi connectivity index (χ1n) is 4.52. The molecule has 2 rings (SSSR count). The summed E-state index contributed by atoms with van der Waals surface area (Å²) in [5, 5.41) is 3.96. The number of Topliss-reactive ketones (excluding diaryl/α,β-unsaturated/α-hetero) is 1. The van der Waals surface area contributed by atoms with Crippen LogP contribution < -0.4 is 0 Å². The van der Waals surface area contributed by atoms with Crippen molar-refractivity contribution in [3.63, 3.8) is 0 Å². The largest absolute Gasteiger partial charge is 0.294 e. The number of nitrogens with zero attached hydrogens (tertiary/aromatic N) is 3. The van der Waals surface area contributed by atoms with Gasteiger partial charge in [0.05, 0.1) is 0 Å². The molecule has 0 saturated heterocycles. The Bertz CT molecular complexity index is 473. The lowest BCUT2D eigenvalue weighted by molar-refractivity contribution is 0.0939. The van der Waals surface area contributed by atoms with Gasteiger partial charge in [-0.05, 0) is 12.1 Å². The number of aromatic nitrogens is 3. The predicted molar refractivity (Wildman–Crippen MR) is 52.2 cm³/mol. The van der Waals surface area contributed by atoms with Gasteiger partial charge in [-0.15, -0.1) is 0 Å². The van der Waals surface area contributed by atoms with Gasteiger partial charge in [-0.2, -0.15) is 5.10 Å². The van der Waals surface area contributed by atoms with Crippen LogP contribution >= 0.6 is 0 Å². The average molecular weight is 189 g/mol. The summed E-state index contributed by atoms with van der Waals surface area (Å²) in [6.45, 7) is 3.77. The Labute approximate surface area is 81.6 Å². The third-order valence-corrected chi connectivity index (χ3v) is 2.09. The van der Waals surface area contributed by atoms with Gasteiger partial charge in [-0.3, -0.25) is 4.79 Å². The van der Waals surface area contributed by atoms with Crippen LogP contribution in [0.1, 0.15) is 24.2 Å². The third kappa shape index (κ3) is 1.39. The van der Waals surface area contributed by atoms with Gasteiger partial charge in [-0.25, -0.2) is 9.50 Å². The van der Waals surface area contributed by atoms with Gasteiger partial charge in [0, 0.05) is 17.7 Å². The molecule has 0 spiro atoms. The quantitative estimate of drug-likeness (QED) is 0.673. The summed E-state index contributed by atoms with van der Waals surface area (Å²) in [6.07, 6.45) is 3.22. The van der Waals surface area contributed by atoms with E-state index in [0.29, 0.717) is 11.2 Å². The molecule has 0 aromatic carbocycles. The molecule has 4 nitrogen and oxygen atoms in total.